The minimum atomic E-state index is -0.182. The molecule has 4 nitrogen and oxygen atoms in total. The second-order valence-corrected chi connectivity index (χ2v) is 5.69. The highest BCUT2D eigenvalue weighted by Crippen LogP contribution is 2.24. The molecule has 1 aliphatic carbocycles. The molecule has 0 heterocycles. The average molecular weight is 228 g/mol. The lowest BCUT2D eigenvalue weighted by Crippen LogP contribution is -2.45. The van der Waals surface area contributed by atoms with Gasteiger partial charge in [-0.2, -0.15) is 0 Å². The number of carbonyl (C=O) groups is 1. The predicted octanol–water partition coefficient (Wildman–Crippen LogP) is 0.652. The predicted molar refractivity (Wildman–Crippen MR) is 64.1 cm³/mol. The van der Waals surface area contributed by atoms with E-state index >= 15 is 0 Å². The van der Waals surface area contributed by atoms with Gasteiger partial charge < -0.3 is 15.7 Å². The van der Waals surface area contributed by atoms with Gasteiger partial charge in [0.15, 0.2) is 0 Å². The van der Waals surface area contributed by atoms with E-state index in [1.807, 2.05) is 20.8 Å². The normalized spacial score (nSPS) is 25.8. The van der Waals surface area contributed by atoms with Crippen LogP contribution in [0.25, 0.3) is 0 Å². The molecule has 0 saturated heterocycles. The number of aliphatic hydroxyl groups excluding tert-OH is 1. The topological polar surface area (TPSA) is 61.4 Å². The van der Waals surface area contributed by atoms with Crippen molar-refractivity contribution in [3.8, 4) is 0 Å². The molecule has 1 amide bonds. The van der Waals surface area contributed by atoms with Gasteiger partial charge in [-0.1, -0.05) is 6.42 Å². The van der Waals surface area contributed by atoms with Crippen LogP contribution in [0, 0.1) is 5.92 Å². The fourth-order valence-electron chi connectivity index (χ4n) is 2.09. The molecule has 4 heteroatoms. The Morgan fingerprint density at radius 1 is 1.38 bits per heavy atom. The Kier molecular flexibility index (Phi) is 4.74. The molecule has 0 aromatic rings. The van der Waals surface area contributed by atoms with Crippen LogP contribution in [0.3, 0.4) is 0 Å². The number of rotatable bonds is 4. The molecule has 1 saturated carbocycles. The third-order valence-corrected chi connectivity index (χ3v) is 2.83. The van der Waals surface area contributed by atoms with Crippen molar-refractivity contribution in [1.29, 1.82) is 0 Å². The summed E-state index contributed by atoms with van der Waals surface area (Å²) in [7, 11) is 0. The first kappa shape index (κ1) is 13.5. The molecule has 0 aromatic carbocycles. The van der Waals surface area contributed by atoms with Gasteiger partial charge in [0.25, 0.3) is 0 Å². The van der Waals surface area contributed by atoms with E-state index in [9.17, 15) is 9.90 Å². The van der Waals surface area contributed by atoms with Gasteiger partial charge in [0, 0.05) is 12.1 Å². The van der Waals surface area contributed by atoms with Crippen LogP contribution in [-0.4, -0.2) is 35.7 Å². The van der Waals surface area contributed by atoms with Crippen LogP contribution in [0.1, 0.15) is 40.0 Å². The van der Waals surface area contributed by atoms with Crippen molar-refractivity contribution in [2.24, 2.45) is 5.92 Å². The largest absolute Gasteiger partial charge is 0.393 e. The van der Waals surface area contributed by atoms with Crippen LogP contribution in [0.2, 0.25) is 0 Å². The highest BCUT2D eigenvalue weighted by Gasteiger charge is 2.24. The Labute approximate surface area is 97.8 Å². The summed E-state index contributed by atoms with van der Waals surface area (Å²) < 4.78 is 0. The zero-order valence-corrected chi connectivity index (χ0v) is 10.5. The summed E-state index contributed by atoms with van der Waals surface area (Å²) >= 11 is 0. The van der Waals surface area contributed by atoms with Gasteiger partial charge in [-0.25, -0.2) is 0 Å². The van der Waals surface area contributed by atoms with E-state index in [0.29, 0.717) is 12.5 Å². The first-order valence-corrected chi connectivity index (χ1v) is 6.08. The summed E-state index contributed by atoms with van der Waals surface area (Å²) in [6, 6.07) is 0. The second kappa shape index (κ2) is 5.64. The molecule has 3 N–H and O–H groups in total. The van der Waals surface area contributed by atoms with Gasteiger partial charge in [0.1, 0.15) is 0 Å². The zero-order valence-electron chi connectivity index (χ0n) is 10.5. The van der Waals surface area contributed by atoms with Crippen molar-refractivity contribution in [1.82, 2.24) is 10.6 Å². The van der Waals surface area contributed by atoms with Gasteiger partial charge in [-0.05, 0) is 39.5 Å². The van der Waals surface area contributed by atoms with Gasteiger partial charge in [0.05, 0.1) is 12.6 Å². The summed E-state index contributed by atoms with van der Waals surface area (Å²) in [5, 5.41) is 15.6. The van der Waals surface area contributed by atoms with E-state index in [0.717, 1.165) is 25.8 Å². The number of hydrogen-bond acceptors (Lipinski definition) is 3. The first-order chi connectivity index (χ1) is 7.38. The van der Waals surface area contributed by atoms with Gasteiger partial charge in [-0.15, -0.1) is 0 Å². The van der Waals surface area contributed by atoms with Crippen LogP contribution in [0.15, 0.2) is 0 Å². The van der Waals surface area contributed by atoms with Crippen LogP contribution in [0.4, 0.5) is 0 Å². The van der Waals surface area contributed by atoms with E-state index in [-0.39, 0.29) is 17.6 Å². The number of hydrogen-bond donors (Lipinski definition) is 3. The molecular weight excluding hydrogens is 204 g/mol. The monoisotopic (exact) mass is 228 g/mol. The lowest BCUT2D eigenvalue weighted by molar-refractivity contribution is -0.121. The molecule has 0 radical (unpaired) electrons. The van der Waals surface area contributed by atoms with E-state index < -0.39 is 0 Å². The van der Waals surface area contributed by atoms with Gasteiger partial charge in [-0.3, -0.25) is 4.79 Å². The summed E-state index contributed by atoms with van der Waals surface area (Å²) in [6.07, 6.45) is 2.88. The van der Waals surface area contributed by atoms with E-state index in [2.05, 4.69) is 10.6 Å². The number of carbonyl (C=O) groups excluding carboxylic acids is 1. The Hall–Kier alpha value is -0.610. The van der Waals surface area contributed by atoms with Crippen molar-refractivity contribution < 1.29 is 9.90 Å². The van der Waals surface area contributed by atoms with E-state index in [1.54, 1.807) is 0 Å². The maximum absolute atomic E-state index is 11.5. The lowest BCUT2D eigenvalue weighted by atomic mass is 10.1. The van der Waals surface area contributed by atoms with Crippen LogP contribution in [-0.2, 0) is 4.79 Å². The minimum Gasteiger partial charge on any atom is -0.393 e. The standard InChI is InChI=1S/C12H24N2O2/c1-12(2,3)14-11(16)8-13-7-9-5-4-6-10(9)15/h9-10,13,15H,4-8H2,1-3H3,(H,14,16). The van der Waals surface area contributed by atoms with Gasteiger partial charge >= 0.3 is 0 Å². The van der Waals surface area contributed by atoms with Crippen molar-refractivity contribution in [3.05, 3.63) is 0 Å². The molecule has 1 fully saturated rings. The van der Waals surface area contributed by atoms with Crippen molar-refractivity contribution in [2.75, 3.05) is 13.1 Å². The third kappa shape index (κ3) is 4.94. The highest BCUT2D eigenvalue weighted by atomic mass is 16.3. The smallest absolute Gasteiger partial charge is 0.234 e. The van der Waals surface area contributed by atoms with E-state index in [1.165, 1.54) is 0 Å². The molecule has 2 unspecified atom stereocenters. The highest BCUT2D eigenvalue weighted by molar-refractivity contribution is 5.78. The molecule has 94 valence electrons. The molecule has 0 aromatic heterocycles. The molecule has 16 heavy (non-hydrogen) atoms. The lowest BCUT2D eigenvalue weighted by Gasteiger charge is -2.21. The fraction of sp³-hybridized carbons (Fsp3) is 0.917. The minimum absolute atomic E-state index is 0.0139. The maximum Gasteiger partial charge on any atom is 0.234 e. The molecule has 2 atom stereocenters. The average Bonchev–Trinajstić information content (AvgIpc) is 2.48. The summed E-state index contributed by atoms with van der Waals surface area (Å²) in [5.74, 6) is 0.336. The number of amides is 1. The molecule has 0 bridgehead atoms. The van der Waals surface area contributed by atoms with Crippen LogP contribution in [0.5, 0.6) is 0 Å². The zero-order chi connectivity index (χ0) is 12.2. The second-order valence-electron chi connectivity index (χ2n) is 5.69. The Balaban J connectivity index is 2.13. The Morgan fingerprint density at radius 2 is 2.06 bits per heavy atom. The van der Waals surface area contributed by atoms with Crippen LogP contribution >= 0.6 is 0 Å². The third-order valence-electron chi connectivity index (χ3n) is 2.83. The molecular formula is C12H24N2O2. The molecule has 0 aliphatic heterocycles. The Bertz CT molecular complexity index is 236. The molecule has 0 spiro atoms. The van der Waals surface area contributed by atoms with E-state index in [4.69, 9.17) is 0 Å². The van der Waals surface area contributed by atoms with Crippen molar-refractivity contribution in [3.63, 3.8) is 0 Å². The molecule has 1 rings (SSSR count). The van der Waals surface area contributed by atoms with Gasteiger partial charge in [0.2, 0.25) is 5.91 Å². The summed E-state index contributed by atoms with van der Waals surface area (Å²) in [5.41, 5.74) is -0.175. The Morgan fingerprint density at radius 3 is 2.56 bits per heavy atom. The summed E-state index contributed by atoms with van der Waals surface area (Å²) in [6.45, 7) is 6.96. The number of nitrogens with one attached hydrogen (secondary N) is 2. The van der Waals surface area contributed by atoms with Crippen LogP contribution < -0.4 is 10.6 Å². The number of aliphatic hydroxyl groups is 1. The molecule has 1 aliphatic rings. The fourth-order valence-corrected chi connectivity index (χ4v) is 2.09. The first-order valence-electron chi connectivity index (χ1n) is 6.08. The maximum atomic E-state index is 11.5. The van der Waals surface area contributed by atoms with Crippen molar-refractivity contribution in [2.45, 2.75) is 51.7 Å². The SMILES string of the molecule is CC(C)(C)NC(=O)CNCC1CCCC1O. The quantitative estimate of drug-likeness (QED) is 0.662. The van der Waals surface area contributed by atoms with Crippen molar-refractivity contribution >= 4 is 5.91 Å². The summed E-state index contributed by atoms with van der Waals surface area (Å²) in [4.78, 5) is 11.5.